The van der Waals surface area contributed by atoms with Crippen LogP contribution in [0.25, 0.3) is 5.65 Å². The van der Waals surface area contributed by atoms with Crippen molar-refractivity contribution < 1.29 is 0 Å². The lowest BCUT2D eigenvalue weighted by molar-refractivity contribution is 0.481. The molecule has 2 aromatic rings. The molecule has 16 heavy (non-hydrogen) atoms. The van der Waals surface area contributed by atoms with Crippen LogP contribution in [0.15, 0.2) is 30.6 Å². The molecule has 0 spiro atoms. The highest BCUT2D eigenvalue weighted by molar-refractivity contribution is 5.39. The summed E-state index contributed by atoms with van der Waals surface area (Å²) in [7, 11) is 0. The number of fused-ring (bicyclic) bond motifs is 1. The van der Waals surface area contributed by atoms with E-state index in [1.165, 1.54) is 12.8 Å². The van der Waals surface area contributed by atoms with Gasteiger partial charge in [0.1, 0.15) is 5.65 Å². The van der Waals surface area contributed by atoms with Crippen LogP contribution in [0.5, 0.6) is 0 Å². The van der Waals surface area contributed by atoms with Gasteiger partial charge in [0, 0.05) is 25.0 Å². The zero-order valence-corrected chi connectivity index (χ0v) is 9.98. The molecule has 0 fully saturated rings. The highest BCUT2D eigenvalue weighted by Crippen LogP contribution is 2.05. The second kappa shape index (κ2) is 5.12. The molecule has 0 aliphatic rings. The van der Waals surface area contributed by atoms with Crippen molar-refractivity contribution in [3.8, 4) is 0 Å². The fourth-order valence-corrected chi connectivity index (χ4v) is 1.90. The van der Waals surface area contributed by atoms with Crippen LogP contribution in [0, 0.1) is 0 Å². The fourth-order valence-electron chi connectivity index (χ4n) is 1.90. The number of nitrogens with one attached hydrogen (secondary N) is 1. The minimum Gasteiger partial charge on any atom is -0.308 e. The summed E-state index contributed by atoms with van der Waals surface area (Å²) < 4.78 is 2.06. The Kier molecular flexibility index (Phi) is 3.57. The molecule has 1 N–H and O–H groups in total. The van der Waals surface area contributed by atoms with E-state index in [2.05, 4.69) is 34.7 Å². The van der Waals surface area contributed by atoms with Crippen LogP contribution in [0.1, 0.15) is 32.4 Å². The Hall–Kier alpha value is -1.35. The minimum absolute atomic E-state index is 0.602. The van der Waals surface area contributed by atoms with Gasteiger partial charge in [-0.05, 0) is 25.0 Å². The van der Waals surface area contributed by atoms with Crippen LogP contribution < -0.4 is 5.32 Å². The van der Waals surface area contributed by atoms with E-state index in [1.807, 2.05) is 24.4 Å². The molecule has 2 heterocycles. The molecule has 0 saturated heterocycles. The van der Waals surface area contributed by atoms with Crippen molar-refractivity contribution in [3.05, 3.63) is 36.3 Å². The number of rotatable bonds is 5. The second-order valence-electron chi connectivity index (χ2n) is 4.09. The summed E-state index contributed by atoms with van der Waals surface area (Å²) >= 11 is 0. The molecular weight excluding hydrogens is 198 g/mol. The van der Waals surface area contributed by atoms with Gasteiger partial charge in [-0.3, -0.25) is 0 Å². The van der Waals surface area contributed by atoms with Gasteiger partial charge in [-0.2, -0.15) is 0 Å². The van der Waals surface area contributed by atoms with Crippen molar-refractivity contribution >= 4 is 5.65 Å². The van der Waals surface area contributed by atoms with Crippen molar-refractivity contribution in [1.29, 1.82) is 0 Å². The monoisotopic (exact) mass is 217 g/mol. The highest BCUT2D eigenvalue weighted by atomic mass is 15.0. The van der Waals surface area contributed by atoms with Gasteiger partial charge in [0.2, 0.25) is 0 Å². The summed E-state index contributed by atoms with van der Waals surface area (Å²) in [6, 6.07) is 6.67. The van der Waals surface area contributed by atoms with Crippen LogP contribution in [0.4, 0.5) is 0 Å². The number of hydrogen-bond acceptors (Lipinski definition) is 2. The molecule has 0 saturated carbocycles. The predicted molar refractivity (Wildman–Crippen MR) is 66.4 cm³/mol. The van der Waals surface area contributed by atoms with Crippen LogP contribution in [0.2, 0.25) is 0 Å². The van der Waals surface area contributed by atoms with Crippen molar-refractivity contribution in [3.63, 3.8) is 0 Å². The molecule has 2 rings (SSSR count). The number of nitrogens with zero attached hydrogens (tertiary/aromatic N) is 2. The maximum Gasteiger partial charge on any atom is 0.137 e. The van der Waals surface area contributed by atoms with Crippen LogP contribution in [0.3, 0.4) is 0 Å². The molecule has 0 aliphatic carbocycles. The summed E-state index contributed by atoms with van der Waals surface area (Å²) in [4.78, 5) is 4.55. The maximum absolute atomic E-state index is 4.55. The van der Waals surface area contributed by atoms with E-state index < -0.39 is 0 Å². The van der Waals surface area contributed by atoms with Crippen LogP contribution >= 0.6 is 0 Å². The van der Waals surface area contributed by atoms with E-state index in [0.29, 0.717) is 6.04 Å². The molecule has 0 atom stereocenters. The third-order valence-electron chi connectivity index (χ3n) is 2.97. The van der Waals surface area contributed by atoms with Gasteiger partial charge in [-0.1, -0.05) is 19.9 Å². The minimum atomic E-state index is 0.602. The summed E-state index contributed by atoms with van der Waals surface area (Å²) in [6.45, 7) is 5.28. The standard InChI is InChI=1S/C13H19N3/c1-3-11(4-2)14-9-12-10-16-8-6-5-7-13(16)15-12/h5-8,10-11,14H,3-4,9H2,1-2H3. The Morgan fingerprint density at radius 3 is 2.81 bits per heavy atom. The molecule has 0 unspecified atom stereocenters. The fraction of sp³-hybridized carbons (Fsp3) is 0.462. The first kappa shape index (κ1) is 11.1. The number of imidazole rings is 1. The normalized spacial score (nSPS) is 11.4. The van der Waals surface area contributed by atoms with Gasteiger partial charge < -0.3 is 9.72 Å². The molecular formula is C13H19N3. The predicted octanol–water partition coefficient (Wildman–Crippen LogP) is 2.61. The Morgan fingerprint density at radius 2 is 2.12 bits per heavy atom. The largest absolute Gasteiger partial charge is 0.308 e. The third-order valence-corrected chi connectivity index (χ3v) is 2.97. The van der Waals surface area contributed by atoms with E-state index in [9.17, 15) is 0 Å². The molecule has 0 radical (unpaired) electrons. The summed E-state index contributed by atoms with van der Waals surface area (Å²) in [5.41, 5.74) is 2.13. The Balaban J connectivity index is 2.04. The SMILES string of the molecule is CCC(CC)NCc1cn2ccccc2n1. The van der Waals surface area contributed by atoms with E-state index in [1.54, 1.807) is 0 Å². The Morgan fingerprint density at radius 1 is 1.31 bits per heavy atom. The third kappa shape index (κ3) is 2.42. The molecule has 2 aromatic heterocycles. The first-order valence-corrected chi connectivity index (χ1v) is 5.99. The van der Waals surface area contributed by atoms with Crippen molar-refractivity contribution in [2.75, 3.05) is 0 Å². The zero-order valence-electron chi connectivity index (χ0n) is 9.98. The van der Waals surface area contributed by atoms with Crippen LogP contribution in [-0.2, 0) is 6.54 Å². The van der Waals surface area contributed by atoms with Gasteiger partial charge in [0.05, 0.1) is 5.69 Å². The second-order valence-corrected chi connectivity index (χ2v) is 4.09. The smallest absolute Gasteiger partial charge is 0.137 e. The van der Waals surface area contributed by atoms with Gasteiger partial charge in [0.25, 0.3) is 0 Å². The van der Waals surface area contributed by atoms with Gasteiger partial charge >= 0.3 is 0 Å². The van der Waals surface area contributed by atoms with Gasteiger partial charge in [0.15, 0.2) is 0 Å². The molecule has 86 valence electrons. The Labute approximate surface area is 96.5 Å². The Bertz CT molecular complexity index is 410. The van der Waals surface area contributed by atoms with Crippen molar-refractivity contribution in [1.82, 2.24) is 14.7 Å². The number of aromatic nitrogens is 2. The lowest BCUT2D eigenvalue weighted by Gasteiger charge is -2.12. The first-order valence-electron chi connectivity index (χ1n) is 5.99. The van der Waals surface area contributed by atoms with E-state index in [0.717, 1.165) is 17.9 Å². The lowest BCUT2D eigenvalue weighted by Crippen LogP contribution is -2.27. The van der Waals surface area contributed by atoms with E-state index in [4.69, 9.17) is 0 Å². The molecule has 3 nitrogen and oxygen atoms in total. The summed E-state index contributed by atoms with van der Waals surface area (Å²) in [6.07, 6.45) is 6.46. The first-order chi connectivity index (χ1) is 7.83. The quantitative estimate of drug-likeness (QED) is 0.834. The lowest BCUT2D eigenvalue weighted by atomic mass is 10.2. The molecule has 0 aliphatic heterocycles. The van der Waals surface area contributed by atoms with E-state index >= 15 is 0 Å². The van der Waals surface area contributed by atoms with Gasteiger partial charge in [-0.25, -0.2) is 4.98 Å². The van der Waals surface area contributed by atoms with Crippen molar-refractivity contribution in [2.24, 2.45) is 0 Å². The highest BCUT2D eigenvalue weighted by Gasteiger charge is 2.04. The average molecular weight is 217 g/mol. The molecule has 0 aromatic carbocycles. The zero-order chi connectivity index (χ0) is 11.4. The maximum atomic E-state index is 4.55. The molecule has 0 bridgehead atoms. The van der Waals surface area contributed by atoms with E-state index in [-0.39, 0.29) is 0 Å². The topological polar surface area (TPSA) is 29.3 Å². The molecule has 3 heteroatoms. The molecule has 0 amide bonds. The van der Waals surface area contributed by atoms with Gasteiger partial charge in [-0.15, -0.1) is 0 Å². The summed E-state index contributed by atoms with van der Waals surface area (Å²) in [5.74, 6) is 0. The summed E-state index contributed by atoms with van der Waals surface area (Å²) in [5, 5.41) is 3.52. The van der Waals surface area contributed by atoms with Crippen LogP contribution in [-0.4, -0.2) is 15.4 Å². The van der Waals surface area contributed by atoms with Crippen molar-refractivity contribution in [2.45, 2.75) is 39.3 Å². The average Bonchev–Trinajstić information content (AvgIpc) is 2.73. The number of hydrogen-bond donors (Lipinski definition) is 1. The number of pyridine rings is 1.